The molecule has 6 nitrogen and oxygen atoms in total. The Bertz CT molecular complexity index is 457. The van der Waals surface area contributed by atoms with Crippen LogP contribution in [0.2, 0.25) is 0 Å². The SMILES string of the molecule is CCN(CC)c1nc(NC)nc(NCC2(C)CCCS2)n1. The normalized spacial score (nSPS) is 21.3. The van der Waals surface area contributed by atoms with Crippen molar-refractivity contribution in [1.29, 1.82) is 0 Å². The van der Waals surface area contributed by atoms with E-state index < -0.39 is 0 Å². The van der Waals surface area contributed by atoms with Crippen LogP contribution in [0.15, 0.2) is 0 Å². The van der Waals surface area contributed by atoms with E-state index in [9.17, 15) is 0 Å². The lowest BCUT2D eigenvalue weighted by molar-refractivity contribution is 0.632. The van der Waals surface area contributed by atoms with Crippen LogP contribution in [0.25, 0.3) is 0 Å². The predicted molar refractivity (Wildman–Crippen MR) is 91.5 cm³/mol. The first-order valence-electron chi connectivity index (χ1n) is 7.67. The van der Waals surface area contributed by atoms with Gasteiger partial charge in [0, 0.05) is 31.4 Å². The summed E-state index contributed by atoms with van der Waals surface area (Å²) in [5.41, 5.74) is 0. The van der Waals surface area contributed by atoms with Crippen LogP contribution >= 0.6 is 11.8 Å². The molecule has 2 rings (SSSR count). The van der Waals surface area contributed by atoms with Crippen molar-refractivity contribution < 1.29 is 0 Å². The molecule has 7 heteroatoms. The number of nitrogens with zero attached hydrogens (tertiary/aromatic N) is 4. The first-order valence-corrected chi connectivity index (χ1v) is 8.65. The van der Waals surface area contributed by atoms with E-state index in [1.807, 2.05) is 18.8 Å². The van der Waals surface area contributed by atoms with Crippen LogP contribution in [0.4, 0.5) is 17.8 Å². The highest BCUT2D eigenvalue weighted by Crippen LogP contribution is 2.37. The van der Waals surface area contributed by atoms with E-state index in [1.165, 1.54) is 18.6 Å². The summed E-state index contributed by atoms with van der Waals surface area (Å²) in [6.07, 6.45) is 2.55. The van der Waals surface area contributed by atoms with Crippen molar-refractivity contribution in [3.63, 3.8) is 0 Å². The van der Waals surface area contributed by atoms with Gasteiger partial charge in [-0.2, -0.15) is 26.7 Å². The molecule has 1 aliphatic rings. The minimum absolute atomic E-state index is 0.293. The quantitative estimate of drug-likeness (QED) is 0.802. The van der Waals surface area contributed by atoms with Crippen LogP contribution in [-0.4, -0.2) is 52.1 Å². The molecule has 0 amide bonds. The highest BCUT2D eigenvalue weighted by molar-refractivity contribution is 8.00. The summed E-state index contributed by atoms with van der Waals surface area (Å²) in [6.45, 7) is 9.18. The molecule has 2 N–H and O–H groups in total. The molecule has 21 heavy (non-hydrogen) atoms. The van der Waals surface area contributed by atoms with Crippen LogP contribution in [0.1, 0.15) is 33.6 Å². The molecule has 1 atom stereocenters. The van der Waals surface area contributed by atoms with Gasteiger partial charge >= 0.3 is 0 Å². The minimum atomic E-state index is 0.293. The third kappa shape index (κ3) is 4.12. The van der Waals surface area contributed by atoms with Gasteiger partial charge in [0.25, 0.3) is 0 Å². The van der Waals surface area contributed by atoms with Crippen molar-refractivity contribution in [3.05, 3.63) is 0 Å². The number of hydrogen-bond acceptors (Lipinski definition) is 7. The van der Waals surface area contributed by atoms with E-state index in [1.54, 1.807) is 0 Å². The Morgan fingerprint density at radius 1 is 1.19 bits per heavy atom. The van der Waals surface area contributed by atoms with Gasteiger partial charge in [-0.25, -0.2) is 0 Å². The largest absolute Gasteiger partial charge is 0.357 e. The number of anilines is 3. The van der Waals surface area contributed by atoms with Crippen LogP contribution in [0.3, 0.4) is 0 Å². The third-order valence-corrected chi connectivity index (χ3v) is 5.35. The molecule has 0 bridgehead atoms. The number of aromatic nitrogens is 3. The number of nitrogens with one attached hydrogen (secondary N) is 2. The summed E-state index contributed by atoms with van der Waals surface area (Å²) < 4.78 is 0.293. The highest BCUT2D eigenvalue weighted by atomic mass is 32.2. The summed E-state index contributed by atoms with van der Waals surface area (Å²) in [5, 5.41) is 6.41. The lowest BCUT2D eigenvalue weighted by Crippen LogP contribution is -2.29. The van der Waals surface area contributed by atoms with E-state index in [0.29, 0.717) is 16.6 Å². The standard InChI is InChI=1S/C14H26N6S/c1-5-20(6-2)13-18-11(15-4)17-12(19-13)16-10-14(3)8-7-9-21-14/h5-10H2,1-4H3,(H2,15,16,17,18,19). The fourth-order valence-corrected chi connectivity index (χ4v) is 3.69. The Balaban J connectivity index is 2.12. The molecule has 1 aliphatic heterocycles. The topological polar surface area (TPSA) is 66.0 Å². The van der Waals surface area contributed by atoms with Crippen LogP contribution in [-0.2, 0) is 0 Å². The first-order chi connectivity index (χ1) is 10.1. The molecule has 0 aromatic carbocycles. The van der Waals surface area contributed by atoms with Crippen molar-refractivity contribution in [3.8, 4) is 0 Å². The fourth-order valence-electron chi connectivity index (χ4n) is 2.45. The fraction of sp³-hybridized carbons (Fsp3) is 0.786. The van der Waals surface area contributed by atoms with Gasteiger partial charge in [0.05, 0.1) is 0 Å². The molecular formula is C14H26N6S. The molecule has 0 saturated carbocycles. The molecule has 2 heterocycles. The second kappa shape index (κ2) is 7.15. The third-order valence-electron chi connectivity index (χ3n) is 3.81. The van der Waals surface area contributed by atoms with Gasteiger partial charge in [-0.3, -0.25) is 0 Å². The average Bonchev–Trinajstić information content (AvgIpc) is 2.93. The number of hydrogen-bond donors (Lipinski definition) is 2. The Morgan fingerprint density at radius 3 is 2.48 bits per heavy atom. The summed E-state index contributed by atoms with van der Waals surface area (Å²) >= 11 is 2.03. The molecular weight excluding hydrogens is 284 g/mol. The van der Waals surface area contributed by atoms with Crippen LogP contribution in [0.5, 0.6) is 0 Å². The zero-order valence-electron chi connectivity index (χ0n) is 13.4. The number of rotatable bonds is 7. The summed E-state index contributed by atoms with van der Waals surface area (Å²) in [7, 11) is 1.83. The van der Waals surface area contributed by atoms with E-state index in [-0.39, 0.29) is 0 Å². The molecule has 0 aliphatic carbocycles. The predicted octanol–water partition coefficient (Wildman–Crippen LogP) is 2.46. The van der Waals surface area contributed by atoms with Gasteiger partial charge in [-0.1, -0.05) is 0 Å². The van der Waals surface area contributed by atoms with Crippen LogP contribution < -0.4 is 15.5 Å². The maximum atomic E-state index is 4.56. The first kappa shape index (κ1) is 16.1. The molecule has 1 unspecified atom stereocenters. The lowest BCUT2D eigenvalue weighted by Gasteiger charge is -2.24. The van der Waals surface area contributed by atoms with Gasteiger partial charge < -0.3 is 15.5 Å². The Hall–Kier alpha value is -1.24. The van der Waals surface area contributed by atoms with Gasteiger partial charge in [-0.05, 0) is 39.4 Å². The van der Waals surface area contributed by atoms with Gasteiger partial charge in [-0.15, -0.1) is 0 Å². The average molecular weight is 310 g/mol. The molecule has 118 valence electrons. The molecule has 0 spiro atoms. The van der Waals surface area contributed by atoms with Crippen molar-refractivity contribution in [2.45, 2.75) is 38.4 Å². The second-order valence-electron chi connectivity index (χ2n) is 5.46. The van der Waals surface area contributed by atoms with Gasteiger partial charge in [0.1, 0.15) is 0 Å². The second-order valence-corrected chi connectivity index (χ2v) is 7.14. The summed E-state index contributed by atoms with van der Waals surface area (Å²) in [6, 6.07) is 0. The maximum absolute atomic E-state index is 4.56. The lowest BCUT2D eigenvalue weighted by atomic mass is 10.1. The molecule has 1 aromatic rings. The van der Waals surface area contributed by atoms with Crippen molar-refractivity contribution in [1.82, 2.24) is 15.0 Å². The van der Waals surface area contributed by atoms with Crippen molar-refractivity contribution in [2.75, 3.05) is 48.0 Å². The summed E-state index contributed by atoms with van der Waals surface area (Å²) in [4.78, 5) is 15.5. The maximum Gasteiger partial charge on any atom is 0.231 e. The monoisotopic (exact) mass is 310 g/mol. The highest BCUT2D eigenvalue weighted by Gasteiger charge is 2.29. The van der Waals surface area contributed by atoms with E-state index >= 15 is 0 Å². The van der Waals surface area contributed by atoms with Gasteiger partial charge in [0.15, 0.2) is 0 Å². The van der Waals surface area contributed by atoms with E-state index in [4.69, 9.17) is 0 Å². The number of thioether (sulfide) groups is 1. The van der Waals surface area contributed by atoms with Crippen molar-refractivity contribution in [2.24, 2.45) is 0 Å². The van der Waals surface area contributed by atoms with Crippen LogP contribution in [0, 0.1) is 0 Å². The Labute approximate surface area is 131 Å². The van der Waals surface area contributed by atoms with Crippen molar-refractivity contribution >= 4 is 29.6 Å². The Kier molecular flexibility index (Phi) is 5.50. The minimum Gasteiger partial charge on any atom is -0.357 e. The molecule has 1 fully saturated rings. The molecule has 1 aromatic heterocycles. The Morgan fingerprint density at radius 2 is 1.90 bits per heavy atom. The molecule has 0 radical (unpaired) electrons. The van der Waals surface area contributed by atoms with E-state index in [0.717, 1.165) is 25.6 Å². The molecule has 1 saturated heterocycles. The zero-order valence-corrected chi connectivity index (χ0v) is 14.3. The van der Waals surface area contributed by atoms with Gasteiger partial charge in [0.2, 0.25) is 17.8 Å². The smallest absolute Gasteiger partial charge is 0.231 e. The van der Waals surface area contributed by atoms with E-state index in [2.05, 4.69) is 51.3 Å². The summed E-state index contributed by atoms with van der Waals surface area (Å²) in [5.74, 6) is 3.25. The zero-order chi connectivity index (χ0) is 15.3.